The second kappa shape index (κ2) is 9.09. The van der Waals surface area contributed by atoms with E-state index in [0.717, 1.165) is 0 Å². The van der Waals surface area contributed by atoms with E-state index in [2.05, 4.69) is 10.0 Å². The number of hydrogen-bond donors (Lipinski definition) is 2. The summed E-state index contributed by atoms with van der Waals surface area (Å²) in [6.45, 7) is 2.55. The lowest BCUT2D eigenvalue weighted by molar-refractivity contribution is 0.196. The Morgan fingerprint density at radius 2 is 1.90 bits per heavy atom. The maximum atomic E-state index is 11.9. The van der Waals surface area contributed by atoms with E-state index in [1.54, 1.807) is 20.3 Å². The van der Waals surface area contributed by atoms with Gasteiger partial charge in [-0.05, 0) is 18.6 Å². The topological polar surface area (TPSA) is 89.8 Å². The monoisotopic (exact) mass is 306 g/mol. The van der Waals surface area contributed by atoms with Crippen molar-refractivity contribution in [3.8, 4) is 0 Å². The molecule has 1 heterocycles. The minimum absolute atomic E-state index is 0.0709. The first-order valence-electron chi connectivity index (χ1n) is 6.37. The molecule has 0 saturated carbocycles. The van der Waals surface area contributed by atoms with E-state index in [9.17, 15) is 8.42 Å². The summed E-state index contributed by atoms with van der Waals surface area (Å²) in [4.78, 5) is 0. The largest absolute Gasteiger partial charge is 0.447 e. The molecule has 1 rings (SSSR count). The van der Waals surface area contributed by atoms with Crippen LogP contribution in [0, 0.1) is 0 Å². The van der Waals surface area contributed by atoms with E-state index in [1.807, 2.05) is 0 Å². The van der Waals surface area contributed by atoms with Crippen LogP contribution in [0.15, 0.2) is 21.6 Å². The van der Waals surface area contributed by atoms with Crippen molar-refractivity contribution in [2.45, 2.75) is 18.1 Å². The molecular formula is C12H22N2O5S. The Hall–Kier alpha value is -0.930. The van der Waals surface area contributed by atoms with Crippen LogP contribution in [0.3, 0.4) is 0 Å². The van der Waals surface area contributed by atoms with Crippen LogP contribution < -0.4 is 10.0 Å². The molecule has 8 heteroatoms. The van der Waals surface area contributed by atoms with Gasteiger partial charge in [0.1, 0.15) is 5.76 Å². The first kappa shape index (κ1) is 17.1. The van der Waals surface area contributed by atoms with E-state index >= 15 is 0 Å². The molecule has 1 aromatic heterocycles. The van der Waals surface area contributed by atoms with E-state index in [4.69, 9.17) is 13.9 Å². The van der Waals surface area contributed by atoms with Crippen LogP contribution >= 0.6 is 0 Å². The third-order valence-corrected chi connectivity index (χ3v) is 3.83. The van der Waals surface area contributed by atoms with E-state index in [-0.39, 0.29) is 5.09 Å². The van der Waals surface area contributed by atoms with Crippen LogP contribution in [0.2, 0.25) is 0 Å². The molecule has 0 unspecified atom stereocenters. The summed E-state index contributed by atoms with van der Waals surface area (Å²) in [5, 5.41) is 3.01. The molecule has 0 radical (unpaired) electrons. The lowest BCUT2D eigenvalue weighted by Crippen LogP contribution is -2.25. The van der Waals surface area contributed by atoms with Gasteiger partial charge in [0.05, 0.1) is 13.2 Å². The SMILES string of the molecule is COCCCNS(=O)(=O)c1ccc(CNCCOC)o1. The standard InChI is InChI=1S/C12H22N2O5S/c1-17-8-3-6-14-20(15,16)12-5-4-11(19-12)10-13-7-9-18-2/h4-5,13-14H,3,6-10H2,1-2H3. The van der Waals surface area contributed by atoms with Gasteiger partial charge in [0.2, 0.25) is 5.09 Å². The van der Waals surface area contributed by atoms with Gasteiger partial charge in [-0.15, -0.1) is 0 Å². The summed E-state index contributed by atoms with van der Waals surface area (Å²) in [5.41, 5.74) is 0. The van der Waals surface area contributed by atoms with Crippen molar-refractivity contribution >= 4 is 10.0 Å². The zero-order chi connectivity index (χ0) is 14.8. The van der Waals surface area contributed by atoms with Crippen LogP contribution in [-0.4, -0.2) is 48.9 Å². The summed E-state index contributed by atoms with van der Waals surface area (Å²) in [5.74, 6) is 0.568. The molecule has 0 atom stereocenters. The number of furan rings is 1. The summed E-state index contributed by atoms with van der Waals surface area (Å²) in [6.07, 6.45) is 0.613. The molecule has 0 aliphatic heterocycles. The summed E-state index contributed by atoms with van der Waals surface area (Å²) in [6, 6.07) is 3.09. The predicted octanol–water partition coefficient (Wildman–Crippen LogP) is 0.330. The van der Waals surface area contributed by atoms with Crippen molar-refractivity contribution in [1.29, 1.82) is 0 Å². The highest BCUT2D eigenvalue weighted by Crippen LogP contribution is 2.13. The third-order valence-electron chi connectivity index (χ3n) is 2.50. The number of sulfonamides is 1. The zero-order valence-electron chi connectivity index (χ0n) is 11.8. The molecule has 20 heavy (non-hydrogen) atoms. The fourth-order valence-corrected chi connectivity index (χ4v) is 2.50. The Bertz CT molecular complexity index is 472. The Balaban J connectivity index is 2.44. The smallest absolute Gasteiger partial charge is 0.273 e. The average Bonchev–Trinajstić information content (AvgIpc) is 2.89. The number of methoxy groups -OCH3 is 2. The molecule has 0 bridgehead atoms. The third kappa shape index (κ3) is 6.02. The Morgan fingerprint density at radius 3 is 2.60 bits per heavy atom. The molecule has 0 aromatic carbocycles. The van der Waals surface area contributed by atoms with Gasteiger partial charge in [-0.2, -0.15) is 0 Å². The fraction of sp³-hybridized carbons (Fsp3) is 0.667. The maximum absolute atomic E-state index is 11.9. The summed E-state index contributed by atoms with van der Waals surface area (Å²) >= 11 is 0. The lowest BCUT2D eigenvalue weighted by Gasteiger charge is -2.04. The van der Waals surface area contributed by atoms with Gasteiger partial charge in [-0.25, -0.2) is 13.1 Å². The molecule has 7 nitrogen and oxygen atoms in total. The normalized spacial score (nSPS) is 11.9. The molecule has 0 spiro atoms. The van der Waals surface area contributed by atoms with E-state index in [1.165, 1.54) is 6.07 Å². The quantitative estimate of drug-likeness (QED) is 0.573. The molecule has 1 aromatic rings. The first-order chi connectivity index (χ1) is 9.60. The minimum Gasteiger partial charge on any atom is -0.447 e. The Morgan fingerprint density at radius 1 is 1.15 bits per heavy atom. The van der Waals surface area contributed by atoms with E-state index in [0.29, 0.717) is 45.0 Å². The highest BCUT2D eigenvalue weighted by Gasteiger charge is 2.17. The second-order valence-electron chi connectivity index (χ2n) is 4.13. The average molecular weight is 306 g/mol. The van der Waals surface area contributed by atoms with Gasteiger partial charge in [-0.1, -0.05) is 0 Å². The van der Waals surface area contributed by atoms with Crippen molar-refractivity contribution in [3.63, 3.8) is 0 Å². The van der Waals surface area contributed by atoms with Crippen LogP contribution in [0.4, 0.5) is 0 Å². The summed E-state index contributed by atoms with van der Waals surface area (Å²) < 4.78 is 41.3. The zero-order valence-corrected chi connectivity index (χ0v) is 12.7. The van der Waals surface area contributed by atoms with Gasteiger partial charge in [0.15, 0.2) is 0 Å². The Labute approximate surface area is 119 Å². The first-order valence-corrected chi connectivity index (χ1v) is 7.85. The van der Waals surface area contributed by atoms with Crippen molar-refractivity contribution in [1.82, 2.24) is 10.0 Å². The molecule has 0 fully saturated rings. The van der Waals surface area contributed by atoms with Crippen molar-refractivity contribution in [2.75, 3.05) is 40.5 Å². The van der Waals surface area contributed by atoms with Gasteiger partial charge >= 0.3 is 0 Å². The highest BCUT2D eigenvalue weighted by atomic mass is 32.2. The predicted molar refractivity (Wildman–Crippen MR) is 74.0 cm³/mol. The number of rotatable bonds is 11. The maximum Gasteiger partial charge on any atom is 0.273 e. The van der Waals surface area contributed by atoms with Gasteiger partial charge in [0.25, 0.3) is 10.0 Å². The van der Waals surface area contributed by atoms with E-state index < -0.39 is 10.0 Å². The fourth-order valence-electron chi connectivity index (χ4n) is 1.48. The molecule has 0 aliphatic rings. The van der Waals surface area contributed by atoms with Crippen LogP contribution in [0.5, 0.6) is 0 Å². The van der Waals surface area contributed by atoms with Crippen LogP contribution in [0.25, 0.3) is 0 Å². The van der Waals surface area contributed by atoms with Gasteiger partial charge < -0.3 is 19.2 Å². The second-order valence-corrected chi connectivity index (χ2v) is 5.83. The van der Waals surface area contributed by atoms with Gasteiger partial charge in [-0.3, -0.25) is 0 Å². The number of hydrogen-bond acceptors (Lipinski definition) is 6. The number of nitrogens with one attached hydrogen (secondary N) is 2. The van der Waals surface area contributed by atoms with Crippen LogP contribution in [0.1, 0.15) is 12.2 Å². The van der Waals surface area contributed by atoms with Crippen molar-refractivity contribution in [3.05, 3.63) is 17.9 Å². The molecule has 2 N–H and O–H groups in total. The Kier molecular flexibility index (Phi) is 7.78. The van der Waals surface area contributed by atoms with Crippen LogP contribution in [-0.2, 0) is 26.0 Å². The van der Waals surface area contributed by atoms with Crippen molar-refractivity contribution in [2.24, 2.45) is 0 Å². The minimum atomic E-state index is -3.58. The molecular weight excluding hydrogens is 284 g/mol. The summed E-state index contributed by atoms with van der Waals surface area (Å²) in [7, 11) is -0.387. The van der Waals surface area contributed by atoms with Gasteiger partial charge in [0, 0.05) is 33.9 Å². The molecule has 0 aliphatic carbocycles. The lowest BCUT2D eigenvalue weighted by atomic mass is 10.4. The van der Waals surface area contributed by atoms with Crippen molar-refractivity contribution < 1.29 is 22.3 Å². The molecule has 0 saturated heterocycles. The molecule has 116 valence electrons. The highest BCUT2D eigenvalue weighted by molar-refractivity contribution is 7.89. The number of ether oxygens (including phenoxy) is 2. The molecule has 0 amide bonds.